The van der Waals surface area contributed by atoms with E-state index in [0.717, 1.165) is 23.4 Å². The van der Waals surface area contributed by atoms with E-state index in [0.29, 0.717) is 6.42 Å². The van der Waals surface area contributed by atoms with Crippen LogP contribution in [-0.2, 0) is 12.0 Å². The molecule has 0 saturated heterocycles. The molecular weight excluding hydrogens is 282 g/mol. The molecule has 114 valence electrons. The molecule has 0 aliphatic carbocycles. The fourth-order valence-corrected chi connectivity index (χ4v) is 3.83. The van der Waals surface area contributed by atoms with E-state index in [9.17, 15) is 10.5 Å². The maximum atomic E-state index is 9.98. The Morgan fingerprint density at radius 2 is 1.61 bits per heavy atom. The topological polar surface area (TPSA) is 50.8 Å². The van der Waals surface area contributed by atoms with E-state index < -0.39 is 11.0 Å². The van der Waals surface area contributed by atoms with E-state index in [4.69, 9.17) is 0 Å². The largest absolute Gasteiger partial charge is 0.359 e. The van der Waals surface area contributed by atoms with Crippen molar-refractivity contribution in [3.05, 3.63) is 65.7 Å². The number of rotatable bonds is 2. The third-order valence-electron chi connectivity index (χ3n) is 5.14. The second kappa shape index (κ2) is 5.45. The van der Waals surface area contributed by atoms with Crippen LogP contribution in [0.5, 0.6) is 0 Å². The van der Waals surface area contributed by atoms with E-state index in [1.54, 1.807) is 0 Å². The first-order valence-corrected chi connectivity index (χ1v) is 7.86. The van der Waals surface area contributed by atoms with Crippen LogP contribution in [0.2, 0.25) is 0 Å². The zero-order chi connectivity index (χ0) is 16.5. The lowest BCUT2D eigenvalue weighted by molar-refractivity contribution is 0.245. The number of para-hydroxylation sites is 1. The van der Waals surface area contributed by atoms with Gasteiger partial charge in [0.1, 0.15) is 0 Å². The van der Waals surface area contributed by atoms with Gasteiger partial charge >= 0.3 is 0 Å². The Labute approximate surface area is 137 Å². The molecule has 1 aliphatic heterocycles. The summed E-state index contributed by atoms with van der Waals surface area (Å²) in [5.74, 6) is 0. The molecule has 3 nitrogen and oxygen atoms in total. The molecule has 0 spiro atoms. The van der Waals surface area contributed by atoms with Crippen LogP contribution in [0.25, 0.3) is 0 Å². The molecule has 1 aliphatic rings. The Bertz CT molecular complexity index is 784. The van der Waals surface area contributed by atoms with Gasteiger partial charge in [-0.2, -0.15) is 10.5 Å². The maximum Gasteiger partial charge on any atom is 0.174 e. The molecular formula is C20H19N3. The Balaban J connectivity index is 2.34. The second-order valence-corrected chi connectivity index (χ2v) is 6.12. The zero-order valence-electron chi connectivity index (χ0n) is 13.5. The van der Waals surface area contributed by atoms with Gasteiger partial charge in [-0.1, -0.05) is 48.5 Å². The predicted octanol–water partition coefficient (Wildman–Crippen LogP) is 4.02. The van der Waals surface area contributed by atoms with Crippen LogP contribution >= 0.6 is 0 Å². The Morgan fingerprint density at radius 3 is 2.22 bits per heavy atom. The second-order valence-electron chi connectivity index (χ2n) is 6.12. The highest BCUT2D eigenvalue weighted by Gasteiger charge is 2.57. The number of nitrogens with zero attached hydrogens (tertiary/aromatic N) is 3. The first-order chi connectivity index (χ1) is 11.1. The van der Waals surface area contributed by atoms with Crippen molar-refractivity contribution in [3.8, 4) is 12.1 Å². The number of hydrogen-bond acceptors (Lipinski definition) is 3. The van der Waals surface area contributed by atoms with Crippen LogP contribution in [0.1, 0.15) is 25.0 Å². The van der Waals surface area contributed by atoms with Crippen LogP contribution in [-0.4, -0.2) is 6.54 Å². The standard InChI is InChI=1S/C20H19N3/c1-3-23-18-12-8-7-9-16(18)13-20(14-21,15-22)19(23,2)17-10-5-4-6-11-17/h4-12H,3,13H2,1-2H3/t19-/m1/s1. The van der Waals surface area contributed by atoms with Crippen LogP contribution in [0, 0.1) is 28.1 Å². The monoisotopic (exact) mass is 301 g/mol. The van der Waals surface area contributed by atoms with Crippen molar-refractivity contribution in [1.82, 2.24) is 0 Å². The van der Waals surface area contributed by atoms with Gasteiger partial charge in [0.15, 0.2) is 5.41 Å². The molecule has 1 heterocycles. The number of benzene rings is 2. The van der Waals surface area contributed by atoms with Gasteiger partial charge in [0.05, 0.1) is 17.7 Å². The molecule has 0 N–H and O–H groups in total. The Kier molecular flexibility index (Phi) is 3.58. The molecule has 2 aromatic rings. The van der Waals surface area contributed by atoms with Crippen molar-refractivity contribution in [2.24, 2.45) is 5.41 Å². The maximum absolute atomic E-state index is 9.98. The molecule has 23 heavy (non-hydrogen) atoms. The van der Waals surface area contributed by atoms with Gasteiger partial charge in [0.2, 0.25) is 0 Å². The van der Waals surface area contributed by atoms with Gasteiger partial charge in [-0.3, -0.25) is 0 Å². The highest BCUT2D eigenvalue weighted by atomic mass is 15.2. The number of fused-ring (bicyclic) bond motifs is 1. The number of anilines is 1. The molecule has 1 atom stereocenters. The third kappa shape index (κ3) is 1.94. The molecule has 0 radical (unpaired) electrons. The van der Waals surface area contributed by atoms with E-state index in [2.05, 4.69) is 30.0 Å². The summed E-state index contributed by atoms with van der Waals surface area (Å²) in [4.78, 5) is 2.20. The van der Waals surface area contributed by atoms with Gasteiger partial charge in [-0.25, -0.2) is 0 Å². The fraction of sp³-hybridized carbons (Fsp3) is 0.300. The lowest BCUT2D eigenvalue weighted by atomic mass is 9.62. The number of nitriles is 2. The quantitative estimate of drug-likeness (QED) is 0.842. The Hall–Kier alpha value is -2.78. The number of hydrogen-bond donors (Lipinski definition) is 0. The van der Waals surface area contributed by atoms with Gasteiger partial charge < -0.3 is 4.90 Å². The molecule has 0 amide bonds. The minimum Gasteiger partial charge on any atom is -0.359 e. The van der Waals surface area contributed by atoms with Crippen LogP contribution in [0.3, 0.4) is 0 Å². The summed E-state index contributed by atoms with van der Waals surface area (Å²) >= 11 is 0. The van der Waals surface area contributed by atoms with Crippen molar-refractivity contribution >= 4 is 5.69 Å². The van der Waals surface area contributed by atoms with Crippen molar-refractivity contribution in [2.75, 3.05) is 11.4 Å². The average Bonchev–Trinajstić information content (AvgIpc) is 2.62. The summed E-state index contributed by atoms with van der Waals surface area (Å²) in [5.41, 5.74) is 1.35. The van der Waals surface area contributed by atoms with E-state index in [1.165, 1.54) is 0 Å². The molecule has 0 fully saturated rings. The summed E-state index contributed by atoms with van der Waals surface area (Å²) < 4.78 is 0. The molecule has 3 rings (SSSR count). The molecule has 0 unspecified atom stereocenters. The normalized spacial score (nSPS) is 21.8. The van der Waals surface area contributed by atoms with Crippen LogP contribution in [0.15, 0.2) is 54.6 Å². The van der Waals surface area contributed by atoms with Gasteiger partial charge in [0.25, 0.3) is 0 Å². The van der Waals surface area contributed by atoms with Crippen LogP contribution in [0.4, 0.5) is 5.69 Å². The van der Waals surface area contributed by atoms with E-state index in [-0.39, 0.29) is 0 Å². The predicted molar refractivity (Wildman–Crippen MR) is 90.6 cm³/mol. The average molecular weight is 301 g/mol. The molecule has 0 bridgehead atoms. The van der Waals surface area contributed by atoms with Gasteiger partial charge in [0, 0.05) is 18.7 Å². The molecule has 0 saturated carbocycles. The van der Waals surface area contributed by atoms with E-state index >= 15 is 0 Å². The van der Waals surface area contributed by atoms with E-state index in [1.807, 2.05) is 55.5 Å². The minimum atomic E-state index is -1.13. The molecule has 2 aromatic carbocycles. The lowest BCUT2D eigenvalue weighted by Crippen LogP contribution is -2.59. The highest BCUT2D eigenvalue weighted by Crippen LogP contribution is 2.52. The van der Waals surface area contributed by atoms with Crippen LogP contribution < -0.4 is 4.90 Å². The van der Waals surface area contributed by atoms with Crippen molar-refractivity contribution in [3.63, 3.8) is 0 Å². The zero-order valence-corrected chi connectivity index (χ0v) is 13.5. The van der Waals surface area contributed by atoms with Gasteiger partial charge in [-0.05, 0) is 31.0 Å². The van der Waals surface area contributed by atoms with Crippen molar-refractivity contribution in [2.45, 2.75) is 25.8 Å². The minimum absolute atomic E-state index is 0.443. The Morgan fingerprint density at radius 1 is 1.00 bits per heavy atom. The summed E-state index contributed by atoms with van der Waals surface area (Å²) in [7, 11) is 0. The SMILES string of the molecule is CCN1c2ccccc2CC(C#N)(C#N)[C@@]1(C)c1ccccc1. The first kappa shape index (κ1) is 15.1. The summed E-state index contributed by atoms with van der Waals surface area (Å²) in [6.07, 6.45) is 0.443. The molecule has 0 aromatic heterocycles. The third-order valence-corrected chi connectivity index (χ3v) is 5.14. The lowest BCUT2D eigenvalue weighted by Gasteiger charge is -2.53. The summed E-state index contributed by atoms with van der Waals surface area (Å²) in [5, 5.41) is 20.0. The summed E-state index contributed by atoms with van der Waals surface area (Å²) in [6, 6.07) is 22.7. The van der Waals surface area contributed by atoms with Crippen molar-refractivity contribution in [1.29, 1.82) is 10.5 Å². The first-order valence-electron chi connectivity index (χ1n) is 7.86. The smallest absolute Gasteiger partial charge is 0.174 e. The fourth-order valence-electron chi connectivity index (χ4n) is 3.83. The highest BCUT2D eigenvalue weighted by molar-refractivity contribution is 5.63. The van der Waals surface area contributed by atoms with Crippen molar-refractivity contribution < 1.29 is 0 Å². The van der Waals surface area contributed by atoms with Gasteiger partial charge in [-0.15, -0.1) is 0 Å². The molecule has 3 heteroatoms. The summed E-state index contributed by atoms with van der Waals surface area (Å²) in [6.45, 7) is 4.82.